The Hall–Kier alpha value is -3.36. The molecule has 0 spiro atoms. The molecule has 0 aromatic heterocycles. The molecule has 3 aromatic carbocycles. The molecule has 0 atom stereocenters. The van der Waals surface area contributed by atoms with Crippen LogP contribution < -0.4 is 15.2 Å². The van der Waals surface area contributed by atoms with E-state index in [1.807, 2.05) is 30.3 Å². The molecule has 2 N–H and O–H groups in total. The summed E-state index contributed by atoms with van der Waals surface area (Å²) in [7, 11) is -1.33. The molecule has 0 saturated carbocycles. The van der Waals surface area contributed by atoms with Gasteiger partial charge in [0.05, 0.1) is 24.0 Å². The molecule has 0 bridgehead atoms. The maximum Gasteiger partial charge on any atom is 0.341 e. The highest BCUT2D eigenvalue weighted by Crippen LogP contribution is 2.37. The van der Waals surface area contributed by atoms with E-state index in [0.717, 1.165) is 11.1 Å². The molecule has 0 amide bonds. The summed E-state index contributed by atoms with van der Waals surface area (Å²) in [6.07, 6.45) is 0.647. The van der Waals surface area contributed by atoms with Crippen molar-refractivity contribution in [3.8, 4) is 11.5 Å². The van der Waals surface area contributed by atoms with Gasteiger partial charge in [0.1, 0.15) is 12.2 Å². The van der Waals surface area contributed by atoms with Gasteiger partial charge in [-0.25, -0.2) is 13.2 Å². The van der Waals surface area contributed by atoms with E-state index < -0.39 is 15.8 Å². The van der Waals surface area contributed by atoms with E-state index in [1.54, 1.807) is 12.1 Å². The zero-order chi connectivity index (χ0) is 23.1. The first-order valence-corrected chi connectivity index (χ1v) is 11.4. The van der Waals surface area contributed by atoms with E-state index in [2.05, 4.69) is 0 Å². The second kappa shape index (κ2) is 10.3. The average molecular weight is 456 g/mol. The molecule has 0 heterocycles. The second-order valence-corrected chi connectivity index (χ2v) is 8.90. The summed E-state index contributed by atoms with van der Waals surface area (Å²) in [5, 5.41) is 0. The first kappa shape index (κ1) is 23.3. The highest BCUT2D eigenvalue weighted by Gasteiger charge is 2.26. The lowest BCUT2D eigenvalue weighted by atomic mass is 10.1. The minimum Gasteiger partial charge on any atom is -0.493 e. The van der Waals surface area contributed by atoms with E-state index in [4.69, 9.17) is 19.9 Å². The highest BCUT2D eigenvalue weighted by atomic mass is 32.2. The molecular formula is C24H25NO6S. The molecule has 8 heteroatoms. The maximum absolute atomic E-state index is 13.3. The van der Waals surface area contributed by atoms with Crippen LogP contribution in [0.5, 0.6) is 11.5 Å². The van der Waals surface area contributed by atoms with E-state index in [0.29, 0.717) is 13.0 Å². The summed E-state index contributed by atoms with van der Waals surface area (Å²) < 4.78 is 42.6. The number of ether oxygens (including phenoxy) is 3. The molecular weight excluding hydrogens is 430 g/mol. The fraction of sp³-hybridized carbons (Fsp3) is 0.208. The van der Waals surface area contributed by atoms with Crippen LogP contribution in [0.3, 0.4) is 0 Å². The normalized spacial score (nSPS) is 11.1. The first-order valence-electron chi connectivity index (χ1n) is 9.92. The van der Waals surface area contributed by atoms with Crippen molar-refractivity contribution in [3.63, 3.8) is 0 Å². The molecule has 0 unspecified atom stereocenters. The standard InChI is InChI=1S/C24H25NO6S/c1-29-22-15-20(32(27,28)19-10-8-17(9-11-19)12-13-25)14-21(24(26)30-2)23(22)31-16-18-6-4-3-5-7-18/h3-11,14-15H,12-13,16,25H2,1-2H3. The van der Waals surface area contributed by atoms with Gasteiger partial charge in [0, 0.05) is 6.07 Å². The van der Waals surface area contributed by atoms with E-state index in [-0.39, 0.29) is 33.5 Å². The Morgan fingerprint density at radius 1 is 0.906 bits per heavy atom. The number of sulfone groups is 1. The number of esters is 1. The fourth-order valence-electron chi connectivity index (χ4n) is 3.16. The molecule has 0 radical (unpaired) electrons. The number of carbonyl (C=O) groups is 1. The predicted octanol–water partition coefficient (Wildman–Crippen LogP) is 3.39. The second-order valence-electron chi connectivity index (χ2n) is 6.95. The number of nitrogens with two attached hydrogens (primary N) is 1. The summed E-state index contributed by atoms with van der Waals surface area (Å²) in [6.45, 7) is 0.631. The van der Waals surface area contributed by atoms with Crippen molar-refractivity contribution in [2.24, 2.45) is 5.73 Å². The van der Waals surface area contributed by atoms with Gasteiger partial charge in [-0.15, -0.1) is 0 Å². The van der Waals surface area contributed by atoms with E-state index in [9.17, 15) is 13.2 Å². The Bertz CT molecular complexity index is 1180. The van der Waals surface area contributed by atoms with Gasteiger partial charge >= 0.3 is 5.97 Å². The van der Waals surface area contributed by atoms with Crippen molar-refractivity contribution in [2.45, 2.75) is 22.8 Å². The number of rotatable bonds is 9. The van der Waals surface area contributed by atoms with E-state index >= 15 is 0 Å². The Morgan fingerprint density at radius 2 is 1.59 bits per heavy atom. The highest BCUT2D eigenvalue weighted by molar-refractivity contribution is 7.91. The van der Waals surface area contributed by atoms with Gasteiger partial charge in [-0.05, 0) is 42.3 Å². The maximum atomic E-state index is 13.3. The van der Waals surface area contributed by atoms with Crippen molar-refractivity contribution < 1.29 is 27.4 Å². The van der Waals surface area contributed by atoms with Crippen LogP contribution in [0, 0.1) is 0 Å². The molecule has 0 saturated heterocycles. The first-order chi connectivity index (χ1) is 15.4. The van der Waals surface area contributed by atoms with Crippen LogP contribution in [-0.2, 0) is 27.6 Å². The van der Waals surface area contributed by atoms with Gasteiger partial charge in [0.2, 0.25) is 9.84 Å². The molecule has 0 aliphatic carbocycles. The lowest BCUT2D eigenvalue weighted by Gasteiger charge is -2.16. The van der Waals surface area contributed by atoms with Crippen molar-refractivity contribution >= 4 is 15.8 Å². The van der Waals surface area contributed by atoms with Crippen molar-refractivity contribution in [2.75, 3.05) is 20.8 Å². The topological polar surface area (TPSA) is 105 Å². The largest absolute Gasteiger partial charge is 0.493 e. The monoisotopic (exact) mass is 455 g/mol. The van der Waals surface area contributed by atoms with Gasteiger partial charge in [-0.3, -0.25) is 0 Å². The summed E-state index contributed by atoms with van der Waals surface area (Å²) in [5.41, 5.74) is 7.32. The molecule has 32 heavy (non-hydrogen) atoms. The van der Waals surface area contributed by atoms with Crippen molar-refractivity contribution in [1.82, 2.24) is 0 Å². The number of carbonyl (C=O) groups excluding carboxylic acids is 1. The molecule has 0 aliphatic rings. The lowest BCUT2D eigenvalue weighted by molar-refractivity contribution is 0.0594. The number of hydrogen-bond acceptors (Lipinski definition) is 7. The summed E-state index contributed by atoms with van der Waals surface area (Å²) in [6, 6.07) is 18.4. The predicted molar refractivity (Wildman–Crippen MR) is 120 cm³/mol. The molecule has 0 aliphatic heterocycles. The number of hydrogen-bond donors (Lipinski definition) is 1. The van der Waals surface area contributed by atoms with Gasteiger partial charge < -0.3 is 19.9 Å². The summed E-state index contributed by atoms with van der Waals surface area (Å²) >= 11 is 0. The van der Waals surface area contributed by atoms with Crippen LogP contribution in [0.1, 0.15) is 21.5 Å². The summed E-state index contributed by atoms with van der Waals surface area (Å²) in [5.74, 6) is -0.510. The lowest BCUT2D eigenvalue weighted by Crippen LogP contribution is -2.11. The molecule has 7 nitrogen and oxygen atoms in total. The molecule has 3 aromatic rings. The van der Waals surface area contributed by atoms with Crippen LogP contribution in [0.25, 0.3) is 0 Å². The third-order valence-electron chi connectivity index (χ3n) is 4.86. The Morgan fingerprint density at radius 3 is 2.19 bits per heavy atom. The zero-order valence-electron chi connectivity index (χ0n) is 17.9. The van der Waals surface area contributed by atoms with Gasteiger partial charge in [0.15, 0.2) is 11.5 Å². The Balaban J connectivity index is 2.04. The fourth-order valence-corrected chi connectivity index (χ4v) is 4.46. The Kier molecular flexibility index (Phi) is 7.50. The van der Waals surface area contributed by atoms with Crippen molar-refractivity contribution in [3.05, 3.63) is 83.4 Å². The molecule has 168 valence electrons. The van der Waals surface area contributed by atoms with Crippen LogP contribution in [0.15, 0.2) is 76.5 Å². The van der Waals surface area contributed by atoms with Crippen LogP contribution >= 0.6 is 0 Å². The third-order valence-corrected chi connectivity index (χ3v) is 6.61. The van der Waals surface area contributed by atoms with E-state index in [1.165, 1.54) is 38.5 Å². The molecule has 3 rings (SSSR count). The zero-order valence-corrected chi connectivity index (χ0v) is 18.7. The number of benzene rings is 3. The van der Waals surface area contributed by atoms with Crippen LogP contribution in [-0.4, -0.2) is 35.2 Å². The van der Waals surface area contributed by atoms with Gasteiger partial charge in [-0.2, -0.15) is 0 Å². The minimum atomic E-state index is -3.93. The third kappa shape index (κ3) is 5.09. The van der Waals surface area contributed by atoms with Crippen LogP contribution in [0.2, 0.25) is 0 Å². The quantitative estimate of drug-likeness (QED) is 0.493. The SMILES string of the molecule is COC(=O)c1cc(S(=O)(=O)c2ccc(CCN)cc2)cc(OC)c1OCc1ccccc1. The molecule has 0 fully saturated rings. The van der Waals surface area contributed by atoms with Crippen molar-refractivity contribution in [1.29, 1.82) is 0 Å². The summed E-state index contributed by atoms with van der Waals surface area (Å²) in [4.78, 5) is 12.5. The van der Waals surface area contributed by atoms with Gasteiger partial charge in [-0.1, -0.05) is 42.5 Å². The number of methoxy groups -OCH3 is 2. The Labute approximate surface area is 187 Å². The smallest absolute Gasteiger partial charge is 0.341 e. The van der Waals surface area contributed by atoms with Gasteiger partial charge in [0.25, 0.3) is 0 Å². The average Bonchev–Trinajstić information content (AvgIpc) is 2.82. The van der Waals surface area contributed by atoms with Crippen LogP contribution in [0.4, 0.5) is 0 Å². The minimum absolute atomic E-state index is 0.0406.